The Morgan fingerprint density at radius 3 is 2.70 bits per heavy atom. The first-order valence-electron chi connectivity index (χ1n) is 7.11. The van der Waals surface area contributed by atoms with Crippen LogP contribution in [-0.4, -0.2) is 42.4 Å². The molecule has 1 aliphatic carbocycles. The third-order valence-corrected chi connectivity index (χ3v) is 4.29. The number of nitrogens with one attached hydrogen (secondary N) is 1. The predicted molar refractivity (Wildman–Crippen MR) is 79.3 cm³/mol. The van der Waals surface area contributed by atoms with Gasteiger partial charge in [-0.05, 0) is 31.8 Å². The highest BCUT2D eigenvalue weighted by atomic mass is 16.5. The zero-order valence-corrected chi connectivity index (χ0v) is 13.2. The Kier molecular flexibility index (Phi) is 4.36. The molecule has 0 aromatic carbocycles. The SMILES string of the molecule is COc1cnn(CCN(C)C)c1C(NN)C1CC1(C)C. The van der Waals surface area contributed by atoms with Gasteiger partial charge in [0, 0.05) is 6.54 Å². The van der Waals surface area contributed by atoms with Gasteiger partial charge in [0.05, 0.1) is 31.6 Å². The molecule has 1 aliphatic rings. The van der Waals surface area contributed by atoms with Gasteiger partial charge in [-0.15, -0.1) is 0 Å². The van der Waals surface area contributed by atoms with Crippen LogP contribution < -0.4 is 16.0 Å². The molecule has 0 bridgehead atoms. The Morgan fingerprint density at radius 1 is 1.60 bits per heavy atom. The molecule has 0 radical (unpaired) electrons. The smallest absolute Gasteiger partial charge is 0.161 e. The fraction of sp³-hybridized carbons (Fsp3) is 0.786. The quantitative estimate of drug-likeness (QED) is 0.576. The Morgan fingerprint density at radius 2 is 2.25 bits per heavy atom. The molecule has 0 spiro atoms. The molecule has 0 amide bonds. The maximum atomic E-state index is 5.82. The van der Waals surface area contributed by atoms with Gasteiger partial charge in [0.1, 0.15) is 0 Å². The van der Waals surface area contributed by atoms with Crippen LogP contribution in [0.4, 0.5) is 0 Å². The van der Waals surface area contributed by atoms with Gasteiger partial charge in [-0.3, -0.25) is 16.0 Å². The number of ether oxygens (including phenoxy) is 1. The molecule has 1 heterocycles. The molecular formula is C14H27N5O. The van der Waals surface area contributed by atoms with Crippen molar-refractivity contribution in [1.29, 1.82) is 0 Å². The first kappa shape index (κ1) is 15.3. The van der Waals surface area contributed by atoms with Gasteiger partial charge in [0.25, 0.3) is 0 Å². The van der Waals surface area contributed by atoms with E-state index in [0.29, 0.717) is 11.3 Å². The summed E-state index contributed by atoms with van der Waals surface area (Å²) in [5.41, 5.74) is 4.36. The number of nitrogens with two attached hydrogens (primary N) is 1. The van der Waals surface area contributed by atoms with Crippen molar-refractivity contribution in [3.63, 3.8) is 0 Å². The monoisotopic (exact) mass is 281 g/mol. The van der Waals surface area contributed by atoms with Crippen molar-refractivity contribution < 1.29 is 4.74 Å². The second kappa shape index (κ2) is 5.71. The summed E-state index contributed by atoms with van der Waals surface area (Å²) in [4.78, 5) is 2.14. The van der Waals surface area contributed by atoms with E-state index in [4.69, 9.17) is 10.6 Å². The normalized spacial score (nSPS) is 22.1. The van der Waals surface area contributed by atoms with Crippen molar-refractivity contribution in [2.45, 2.75) is 32.9 Å². The van der Waals surface area contributed by atoms with Gasteiger partial charge < -0.3 is 9.64 Å². The molecule has 6 nitrogen and oxygen atoms in total. The standard InChI is InChI=1S/C14H27N5O/c1-14(2)8-10(14)12(17-15)13-11(20-5)9-16-19(13)7-6-18(3)4/h9-10,12,17H,6-8,15H2,1-5H3. The van der Waals surface area contributed by atoms with E-state index in [1.165, 1.54) is 6.42 Å². The molecule has 0 aliphatic heterocycles. The van der Waals surface area contributed by atoms with Crippen LogP contribution >= 0.6 is 0 Å². The Balaban J connectivity index is 2.25. The number of hydrazine groups is 1. The van der Waals surface area contributed by atoms with E-state index in [-0.39, 0.29) is 6.04 Å². The lowest BCUT2D eigenvalue weighted by Gasteiger charge is -2.21. The number of aromatic nitrogens is 2. The van der Waals surface area contributed by atoms with Gasteiger partial charge in [-0.25, -0.2) is 0 Å². The maximum absolute atomic E-state index is 5.82. The highest BCUT2D eigenvalue weighted by Crippen LogP contribution is 2.58. The lowest BCUT2D eigenvalue weighted by Crippen LogP contribution is -2.33. The third-order valence-electron chi connectivity index (χ3n) is 4.29. The molecule has 1 saturated carbocycles. The lowest BCUT2D eigenvalue weighted by atomic mass is 10.0. The molecule has 1 aromatic heterocycles. The fourth-order valence-corrected chi connectivity index (χ4v) is 2.78. The molecule has 2 atom stereocenters. The number of hydrogen-bond donors (Lipinski definition) is 2. The molecule has 20 heavy (non-hydrogen) atoms. The molecule has 1 aromatic rings. The Hall–Kier alpha value is -1.11. The Labute approximate surface area is 121 Å². The van der Waals surface area contributed by atoms with Gasteiger partial charge in [-0.2, -0.15) is 5.10 Å². The highest BCUT2D eigenvalue weighted by molar-refractivity contribution is 5.30. The first-order chi connectivity index (χ1) is 9.40. The number of methoxy groups -OCH3 is 1. The number of nitrogens with zero attached hydrogens (tertiary/aromatic N) is 3. The average Bonchev–Trinajstić information content (AvgIpc) is 2.85. The minimum absolute atomic E-state index is 0.0876. The second-order valence-electron chi connectivity index (χ2n) is 6.57. The van der Waals surface area contributed by atoms with Crippen LogP contribution in [0.25, 0.3) is 0 Å². The summed E-state index contributed by atoms with van der Waals surface area (Å²) in [5, 5.41) is 4.46. The van der Waals surface area contributed by atoms with Crippen molar-refractivity contribution in [1.82, 2.24) is 20.1 Å². The van der Waals surface area contributed by atoms with Crippen molar-refractivity contribution in [3.05, 3.63) is 11.9 Å². The minimum atomic E-state index is 0.0876. The largest absolute Gasteiger partial charge is 0.493 e. The number of likely N-dealkylation sites (N-methyl/N-ethyl adjacent to an activating group) is 1. The molecule has 6 heteroatoms. The van der Waals surface area contributed by atoms with E-state index < -0.39 is 0 Å². The van der Waals surface area contributed by atoms with E-state index in [2.05, 4.69) is 43.4 Å². The average molecular weight is 281 g/mol. The van der Waals surface area contributed by atoms with Crippen molar-refractivity contribution in [3.8, 4) is 5.75 Å². The van der Waals surface area contributed by atoms with Gasteiger partial charge >= 0.3 is 0 Å². The van der Waals surface area contributed by atoms with E-state index in [1.54, 1.807) is 13.3 Å². The zero-order valence-electron chi connectivity index (χ0n) is 13.2. The van der Waals surface area contributed by atoms with E-state index in [9.17, 15) is 0 Å². The summed E-state index contributed by atoms with van der Waals surface area (Å²) in [6.07, 6.45) is 2.95. The van der Waals surface area contributed by atoms with Crippen LogP contribution in [0, 0.1) is 11.3 Å². The number of hydrogen-bond acceptors (Lipinski definition) is 5. The van der Waals surface area contributed by atoms with Crippen LogP contribution in [0.3, 0.4) is 0 Å². The van der Waals surface area contributed by atoms with Crippen LogP contribution in [0.5, 0.6) is 5.75 Å². The zero-order chi connectivity index (χ0) is 14.9. The minimum Gasteiger partial charge on any atom is -0.493 e. The maximum Gasteiger partial charge on any atom is 0.161 e. The molecule has 2 unspecified atom stereocenters. The van der Waals surface area contributed by atoms with Crippen molar-refractivity contribution in [2.24, 2.45) is 17.2 Å². The Bertz CT molecular complexity index is 454. The lowest BCUT2D eigenvalue weighted by molar-refractivity contribution is 0.337. The molecule has 1 fully saturated rings. The van der Waals surface area contributed by atoms with E-state index >= 15 is 0 Å². The summed E-state index contributed by atoms with van der Waals surface area (Å²) in [6, 6.07) is 0.0876. The van der Waals surface area contributed by atoms with E-state index in [0.717, 1.165) is 24.5 Å². The first-order valence-corrected chi connectivity index (χ1v) is 7.11. The third kappa shape index (κ3) is 2.97. The molecule has 0 saturated heterocycles. The van der Waals surface area contributed by atoms with Crippen molar-refractivity contribution in [2.75, 3.05) is 27.7 Å². The molecule has 2 rings (SSSR count). The fourth-order valence-electron chi connectivity index (χ4n) is 2.78. The highest BCUT2D eigenvalue weighted by Gasteiger charge is 2.51. The summed E-state index contributed by atoms with van der Waals surface area (Å²) in [5.74, 6) is 7.16. The van der Waals surface area contributed by atoms with Crippen LogP contribution in [0.2, 0.25) is 0 Å². The topological polar surface area (TPSA) is 68.3 Å². The van der Waals surface area contributed by atoms with Gasteiger partial charge in [0.15, 0.2) is 5.75 Å². The molecular weight excluding hydrogens is 254 g/mol. The summed E-state index contributed by atoms with van der Waals surface area (Å²) < 4.78 is 7.48. The molecule has 3 N–H and O–H groups in total. The van der Waals surface area contributed by atoms with Crippen LogP contribution in [0.1, 0.15) is 32.0 Å². The van der Waals surface area contributed by atoms with Gasteiger partial charge in [-0.1, -0.05) is 13.8 Å². The molecule has 114 valence electrons. The predicted octanol–water partition coefficient (Wildman–Crippen LogP) is 1.00. The van der Waals surface area contributed by atoms with Crippen LogP contribution in [-0.2, 0) is 6.54 Å². The number of rotatable bonds is 7. The van der Waals surface area contributed by atoms with Gasteiger partial charge in [0.2, 0.25) is 0 Å². The van der Waals surface area contributed by atoms with E-state index in [1.807, 2.05) is 4.68 Å². The van der Waals surface area contributed by atoms with Crippen molar-refractivity contribution >= 4 is 0 Å². The van der Waals surface area contributed by atoms with Crippen LogP contribution in [0.15, 0.2) is 6.20 Å². The summed E-state index contributed by atoms with van der Waals surface area (Å²) in [6.45, 7) is 6.31. The summed E-state index contributed by atoms with van der Waals surface area (Å²) in [7, 11) is 5.80. The summed E-state index contributed by atoms with van der Waals surface area (Å²) >= 11 is 0. The second-order valence-corrected chi connectivity index (χ2v) is 6.57.